The fourth-order valence-corrected chi connectivity index (χ4v) is 1.62. The van der Waals surface area contributed by atoms with Crippen molar-refractivity contribution in [3.05, 3.63) is 29.7 Å². The summed E-state index contributed by atoms with van der Waals surface area (Å²) in [6.45, 7) is 3.72. The Balaban J connectivity index is 2.58. The Kier molecular flexibility index (Phi) is 4.19. The van der Waals surface area contributed by atoms with Crippen molar-refractivity contribution < 1.29 is 19.1 Å². The van der Waals surface area contributed by atoms with Gasteiger partial charge >= 0.3 is 11.9 Å². The average Bonchev–Trinajstić information content (AvgIpc) is 2.46. The van der Waals surface area contributed by atoms with Gasteiger partial charge in [0.2, 0.25) is 0 Å². The van der Waals surface area contributed by atoms with Crippen LogP contribution >= 0.6 is 0 Å². The van der Waals surface area contributed by atoms with E-state index in [4.69, 9.17) is 9.47 Å². The molecule has 7 nitrogen and oxygen atoms in total. The molecule has 0 aliphatic heterocycles. The Labute approximate surface area is 115 Å². The normalized spacial score (nSPS) is 10.3. The predicted molar refractivity (Wildman–Crippen MR) is 69.2 cm³/mol. The summed E-state index contributed by atoms with van der Waals surface area (Å²) in [7, 11) is 0. The number of rotatable bonds is 4. The molecule has 7 heteroatoms. The van der Waals surface area contributed by atoms with Crippen LogP contribution in [-0.4, -0.2) is 40.1 Å². The van der Waals surface area contributed by atoms with Crippen molar-refractivity contribution >= 4 is 23.1 Å². The number of carbonyl (C=O) groups is 2. The number of hydrogen-bond donors (Lipinski definition) is 0. The largest absolute Gasteiger partial charge is 0.462 e. The molecule has 104 valence electrons. The quantitative estimate of drug-likeness (QED) is 0.778. The zero-order chi connectivity index (χ0) is 14.5. The third kappa shape index (κ3) is 2.71. The van der Waals surface area contributed by atoms with Gasteiger partial charge in [0, 0.05) is 12.4 Å². The Morgan fingerprint density at radius 2 is 1.70 bits per heavy atom. The maximum atomic E-state index is 11.9. The molecule has 2 heterocycles. The van der Waals surface area contributed by atoms with E-state index in [-0.39, 0.29) is 30.1 Å². The van der Waals surface area contributed by atoms with Gasteiger partial charge in [-0.2, -0.15) is 0 Å². The lowest BCUT2D eigenvalue weighted by atomic mass is 10.2. The summed E-state index contributed by atoms with van der Waals surface area (Å²) >= 11 is 0. The zero-order valence-corrected chi connectivity index (χ0v) is 11.1. The molecule has 0 atom stereocenters. The lowest BCUT2D eigenvalue weighted by molar-refractivity contribution is 0.0474. The molecule has 0 N–H and O–H groups in total. The lowest BCUT2D eigenvalue weighted by Crippen LogP contribution is -2.16. The highest BCUT2D eigenvalue weighted by Crippen LogP contribution is 2.15. The molecular weight excluding hydrogens is 262 g/mol. The third-order valence-corrected chi connectivity index (χ3v) is 2.42. The summed E-state index contributed by atoms with van der Waals surface area (Å²) in [6, 6.07) is 1.43. The summed E-state index contributed by atoms with van der Waals surface area (Å²) in [6.07, 6.45) is 2.93. The molecular formula is C13H13N3O4. The first kappa shape index (κ1) is 13.9. The first-order chi connectivity index (χ1) is 9.67. The van der Waals surface area contributed by atoms with E-state index in [9.17, 15) is 9.59 Å². The standard InChI is InChI=1S/C13H13N3O4/c1-3-19-12(17)8-7-9-11(15-6-5-14-9)16-10(8)13(18)20-4-2/h5-7H,3-4H2,1-2H3. The third-order valence-electron chi connectivity index (χ3n) is 2.42. The molecule has 0 bridgehead atoms. The number of nitrogens with zero attached hydrogens (tertiary/aromatic N) is 3. The van der Waals surface area contributed by atoms with Crippen molar-refractivity contribution in [1.29, 1.82) is 0 Å². The van der Waals surface area contributed by atoms with E-state index in [0.29, 0.717) is 5.52 Å². The molecule has 0 aliphatic rings. The number of aromatic nitrogens is 3. The van der Waals surface area contributed by atoms with Gasteiger partial charge < -0.3 is 9.47 Å². The van der Waals surface area contributed by atoms with Gasteiger partial charge in [-0.25, -0.2) is 19.6 Å². The van der Waals surface area contributed by atoms with Crippen LogP contribution in [0.1, 0.15) is 34.7 Å². The first-order valence-electron chi connectivity index (χ1n) is 6.13. The van der Waals surface area contributed by atoms with Crippen LogP contribution in [0.4, 0.5) is 0 Å². The highest BCUT2D eigenvalue weighted by atomic mass is 16.5. The summed E-state index contributed by atoms with van der Waals surface area (Å²) in [4.78, 5) is 35.9. The van der Waals surface area contributed by atoms with E-state index < -0.39 is 11.9 Å². The molecule has 2 rings (SSSR count). The first-order valence-corrected chi connectivity index (χ1v) is 6.13. The molecule has 0 amide bonds. The Bertz CT molecular complexity index is 601. The second-order valence-corrected chi connectivity index (χ2v) is 3.72. The molecule has 0 saturated carbocycles. The van der Waals surface area contributed by atoms with Crippen molar-refractivity contribution in [2.75, 3.05) is 13.2 Å². The Morgan fingerprint density at radius 3 is 2.40 bits per heavy atom. The van der Waals surface area contributed by atoms with E-state index in [1.807, 2.05) is 0 Å². The summed E-state index contributed by atoms with van der Waals surface area (Å²) in [5.74, 6) is -1.33. The molecule has 20 heavy (non-hydrogen) atoms. The number of hydrogen-bond acceptors (Lipinski definition) is 7. The molecule has 0 radical (unpaired) electrons. The van der Waals surface area contributed by atoms with E-state index in [2.05, 4.69) is 15.0 Å². The van der Waals surface area contributed by atoms with Gasteiger partial charge in [-0.15, -0.1) is 0 Å². The van der Waals surface area contributed by atoms with E-state index >= 15 is 0 Å². The Hall–Kier alpha value is -2.57. The van der Waals surface area contributed by atoms with Crippen molar-refractivity contribution in [2.45, 2.75) is 13.8 Å². The second-order valence-electron chi connectivity index (χ2n) is 3.72. The molecule has 0 aromatic carbocycles. The second kappa shape index (κ2) is 6.05. The molecule has 0 spiro atoms. The molecule has 0 saturated heterocycles. The maximum Gasteiger partial charge on any atom is 0.357 e. The predicted octanol–water partition coefficient (Wildman–Crippen LogP) is 1.38. The van der Waals surface area contributed by atoms with Gasteiger partial charge in [0.05, 0.1) is 18.8 Å². The van der Waals surface area contributed by atoms with Gasteiger partial charge in [-0.3, -0.25) is 4.98 Å². The van der Waals surface area contributed by atoms with Crippen LogP contribution in [0, 0.1) is 0 Å². The maximum absolute atomic E-state index is 11.9. The van der Waals surface area contributed by atoms with Crippen molar-refractivity contribution in [3.8, 4) is 0 Å². The van der Waals surface area contributed by atoms with Gasteiger partial charge in [-0.1, -0.05) is 0 Å². The van der Waals surface area contributed by atoms with Crippen LogP contribution in [0.25, 0.3) is 11.2 Å². The van der Waals surface area contributed by atoms with Crippen LogP contribution in [0.3, 0.4) is 0 Å². The minimum Gasteiger partial charge on any atom is -0.462 e. The van der Waals surface area contributed by atoms with E-state index in [0.717, 1.165) is 0 Å². The van der Waals surface area contributed by atoms with Crippen LogP contribution in [0.2, 0.25) is 0 Å². The van der Waals surface area contributed by atoms with Crippen LogP contribution in [0.5, 0.6) is 0 Å². The fraction of sp³-hybridized carbons (Fsp3) is 0.308. The van der Waals surface area contributed by atoms with Gasteiger partial charge in [-0.05, 0) is 19.9 Å². The number of fused-ring (bicyclic) bond motifs is 1. The molecule has 0 aliphatic carbocycles. The summed E-state index contributed by atoms with van der Waals surface area (Å²) in [5.41, 5.74) is 0.587. The van der Waals surface area contributed by atoms with Crippen LogP contribution < -0.4 is 0 Å². The van der Waals surface area contributed by atoms with Gasteiger partial charge in [0.15, 0.2) is 11.3 Å². The smallest absolute Gasteiger partial charge is 0.357 e. The minimum absolute atomic E-state index is 0.0262. The number of carbonyl (C=O) groups excluding carboxylic acids is 2. The zero-order valence-electron chi connectivity index (χ0n) is 11.1. The van der Waals surface area contributed by atoms with Crippen molar-refractivity contribution in [3.63, 3.8) is 0 Å². The topological polar surface area (TPSA) is 91.3 Å². The monoisotopic (exact) mass is 275 g/mol. The average molecular weight is 275 g/mol. The van der Waals surface area contributed by atoms with Gasteiger partial charge in [0.1, 0.15) is 5.52 Å². The van der Waals surface area contributed by atoms with Crippen LogP contribution in [0.15, 0.2) is 18.5 Å². The SMILES string of the molecule is CCOC(=O)c1cc2nccnc2nc1C(=O)OCC. The lowest BCUT2D eigenvalue weighted by Gasteiger charge is -2.08. The highest BCUT2D eigenvalue weighted by Gasteiger charge is 2.22. The van der Waals surface area contributed by atoms with E-state index in [1.165, 1.54) is 18.5 Å². The molecule has 2 aromatic heterocycles. The Morgan fingerprint density at radius 1 is 1.05 bits per heavy atom. The number of pyridine rings is 1. The highest BCUT2D eigenvalue weighted by molar-refractivity contribution is 6.04. The van der Waals surface area contributed by atoms with Gasteiger partial charge in [0.25, 0.3) is 0 Å². The molecule has 2 aromatic rings. The van der Waals surface area contributed by atoms with Crippen LogP contribution in [-0.2, 0) is 9.47 Å². The number of esters is 2. The van der Waals surface area contributed by atoms with E-state index in [1.54, 1.807) is 13.8 Å². The molecule has 0 fully saturated rings. The summed E-state index contributed by atoms with van der Waals surface area (Å²) < 4.78 is 9.80. The fourth-order valence-electron chi connectivity index (χ4n) is 1.62. The van der Waals surface area contributed by atoms with Crippen molar-refractivity contribution in [1.82, 2.24) is 15.0 Å². The molecule has 0 unspecified atom stereocenters. The number of ether oxygens (including phenoxy) is 2. The summed E-state index contributed by atoms with van der Waals surface area (Å²) in [5, 5.41) is 0. The minimum atomic E-state index is -0.692. The van der Waals surface area contributed by atoms with Crippen molar-refractivity contribution in [2.24, 2.45) is 0 Å².